The molecule has 0 spiro atoms. The van der Waals surface area contributed by atoms with Gasteiger partial charge in [-0.2, -0.15) is 0 Å². The minimum Gasteiger partial charge on any atom is -0.264 e. The molecule has 0 aromatic carbocycles. The zero-order valence-electron chi connectivity index (χ0n) is 6.67. The van der Waals surface area contributed by atoms with Crippen LogP contribution in [0.25, 0.3) is 0 Å². The summed E-state index contributed by atoms with van der Waals surface area (Å²) in [5, 5.41) is 0. The second-order valence-electron chi connectivity index (χ2n) is 2.51. The number of aryl methyl sites for hydroxylation is 2. The fraction of sp³-hybridized carbons (Fsp3) is 0.300. The van der Waals surface area contributed by atoms with Crippen molar-refractivity contribution in [2.45, 2.75) is 19.8 Å². The van der Waals surface area contributed by atoms with E-state index < -0.39 is 0 Å². The highest BCUT2D eigenvalue weighted by Gasteiger charge is 1.94. The van der Waals surface area contributed by atoms with Crippen LogP contribution in [-0.4, -0.2) is 4.98 Å². The lowest BCUT2D eigenvalue weighted by atomic mass is 10.1. The molecule has 11 heavy (non-hydrogen) atoms. The molecule has 0 saturated carbocycles. The van der Waals surface area contributed by atoms with Crippen LogP contribution >= 0.6 is 0 Å². The highest BCUT2D eigenvalue weighted by Crippen LogP contribution is 2.06. The largest absolute Gasteiger partial charge is 0.264 e. The Morgan fingerprint density at radius 2 is 2.45 bits per heavy atom. The van der Waals surface area contributed by atoms with Gasteiger partial charge in [0.2, 0.25) is 0 Å². The molecule has 0 aliphatic carbocycles. The monoisotopic (exact) mass is 145 g/mol. The maximum Gasteiger partial charge on any atom is 0.0299 e. The summed E-state index contributed by atoms with van der Waals surface area (Å²) in [6.07, 6.45) is 10.6. The molecule has 1 heteroatoms. The maximum atomic E-state index is 5.16. The average molecular weight is 145 g/mol. The SMILES string of the molecule is C#CCCc1ccncc1C. The Morgan fingerprint density at radius 1 is 1.64 bits per heavy atom. The molecule has 0 saturated heterocycles. The van der Waals surface area contributed by atoms with Gasteiger partial charge in [-0.15, -0.1) is 12.3 Å². The van der Waals surface area contributed by atoms with Gasteiger partial charge in [0, 0.05) is 18.8 Å². The number of terminal acetylenes is 1. The average Bonchev–Trinajstić information content (AvgIpc) is 2.03. The quantitative estimate of drug-likeness (QED) is 0.580. The molecule has 0 fully saturated rings. The number of pyridine rings is 1. The van der Waals surface area contributed by atoms with Crippen molar-refractivity contribution in [3.63, 3.8) is 0 Å². The number of hydrogen-bond acceptors (Lipinski definition) is 1. The summed E-state index contributed by atoms with van der Waals surface area (Å²) >= 11 is 0. The third-order valence-electron chi connectivity index (χ3n) is 1.68. The van der Waals surface area contributed by atoms with Gasteiger partial charge in [-0.3, -0.25) is 4.98 Å². The van der Waals surface area contributed by atoms with Gasteiger partial charge in [0.05, 0.1) is 0 Å². The predicted octanol–water partition coefficient (Wildman–Crippen LogP) is 1.96. The van der Waals surface area contributed by atoms with E-state index in [0.29, 0.717) is 0 Å². The highest BCUT2D eigenvalue weighted by atomic mass is 14.6. The van der Waals surface area contributed by atoms with Crippen LogP contribution in [0.3, 0.4) is 0 Å². The van der Waals surface area contributed by atoms with E-state index in [-0.39, 0.29) is 0 Å². The molecule has 1 nitrogen and oxygen atoms in total. The summed E-state index contributed by atoms with van der Waals surface area (Å²) in [6.45, 7) is 2.05. The van der Waals surface area contributed by atoms with E-state index in [1.165, 1.54) is 11.1 Å². The number of rotatable bonds is 2. The maximum absolute atomic E-state index is 5.16. The molecule has 56 valence electrons. The van der Waals surface area contributed by atoms with E-state index in [2.05, 4.69) is 17.8 Å². The lowest BCUT2D eigenvalue weighted by molar-refractivity contribution is 1.00. The number of aromatic nitrogens is 1. The summed E-state index contributed by atoms with van der Waals surface area (Å²) < 4.78 is 0. The standard InChI is InChI=1S/C10H11N/c1-3-4-5-10-6-7-11-8-9(10)2/h1,6-8H,4-5H2,2H3. The summed E-state index contributed by atoms with van der Waals surface area (Å²) in [5.41, 5.74) is 2.53. The van der Waals surface area contributed by atoms with Crippen LogP contribution in [0.15, 0.2) is 18.5 Å². The Kier molecular flexibility index (Phi) is 2.68. The fourth-order valence-electron chi connectivity index (χ4n) is 0.990. The smallest absolute Gasteiger partial charge is 0.0299 e. The molecule has 0 aliphatic heterocycles. The summed E-state index contributed by atoms with van der Waals surface area (Å²) in [5.74, 6) is 2.62. The first kappa shape index (κ1) is 7.81. The third-order valence-corrected chi connectivity index (χ3v) is 1.68. The first-order chi connectivity index (χ1) is 5.34. The zero-order valence-corrected chi connectivity index (χ0v) is 6.67. The Labute approximate surface area is 67.5 Å². The van der Waals surface area contributed by atoms with Gasteiger partial charge in [0.15, 0.2) is 0 Å². The molecule has 0 aliphatic rings. The molecular formula is C10H11N. The van der Waals surface area contributed by atoms with Crippen molar-refractivity contribution in [3.05, 3.63) is 29.6 Å². The van der Waals surface area contributed by atoms with Crippen LogP contribution in [0.4, 0.5) is 0 Å². The first-order valence-corrected chi connectivity index (χ1v) is 3.67. The third kappa shape index (κ3) is 2.09. The predicted molar refractivity (Wildman–Crippen MR) is 46.1 cm³/mol. The summed E-state index contributed by atoms with van der Waals surface area (Å²) in [7, 11) is 0. The van der Waals surface area contributed by atoms with Crippen molar-refractivity contribution >= 4 is 0 Å². The van der Waals surface area contributed by atoms with Gasteiger partial charge in [0.1, 0.15) is 0 Å². The fourth-order valence-corrected chi connectivity index (χ4v) is 0.990. The highest BCUT2D eigenvalue weighted by molar-refractivity contribution is 5.22. The molecule has 1 aromatic rings. The molecule has 1 rings (SSSR count). The van der Waals surface area contributed by atoms with Crippen molar-refractivity contribution in [3.8, 4) is 12.3 Å². The van der Waals surface area contributed by atoms with Crippen molar-refractivity contribution in [1.82, 2.24) is 4.98 Å². The van der Waals surface area contributed by atoms with E-state index >= 15 is 0 Å². The lowest BCUT2D eigenvalue weighted by Crippen LogP contribution is -1.88. The molecule has 0 amide bonds. The summed E-state index contributed by atoms with van der Waals surface area (Å²) in [4.78, 5) is 4.00. The number of nitrogens with zero attached hydrogens (tertiary/aromatic N) is 1. The normalized spacial score (nSPS) is 9.09. The van der Waals surface area contributed by atoms with Crippen LogP contribution < -0.4 is 0 Å². The van der Waals surface area contributed by atoms with Gasteiger partial charge in [-0.1, -0.05) is 0 Å². The van der Waals surface area contributed by atoms with E-state index in [9.17, 15) is 0 Å². The van der Waals surface area contributed by atoms with E-state index in [1.807, 2.05) is 12.3 Å². The van der Waals surface area contributed by atoms with Crippen molar-refractivity contribution in [2.24, 2.45) is 0 Å². The molecule has 0 radical (unpaired) electrons. The Morgan fingerprint density at radius 3 is 3.09 bits per heavy atom. The van der Waals surface area contributed by atoms with Crippen molar-refractivity contribution < 1.29 is 0 Å². The van der Waals surface area contributed by atoms with E-state index in [4.69, 9.17) is 6.42 Å². The molecule has 0 atom stereocenters. The molecular weight excluding hydrogens is 134 g/mol. The molecule has 0 unspecified atom stereocenters. The van der Waals surface area contributed by atoms with Gasteiger partial charge in [-0.25, -0.2) is 0 Å². The van der Waals surface area contributed by atoms with E-state index in [1.54, 1.807) is 6.20 Å². The van der Waals surface area contributed by atoms with Gasteiger partial charge < -0.3 is 0 Å². The van der Waals surface area contributed by atoms with Crippen molar-refractivity contribution in [2.75, 3.05) is 0 Å². The first-order valence-electron chi connectivity index (χ1n) is 3.67. The second kappa shape index (κ2) is 3.78. The minimum atomic E-state index is 0.810. The number of hydrogen-bond donors (Lipinski definition) is 0. The Bertz CT molecular complexity index is 270. The van der Waals surface area contributed by atoms with Crippen LogP contribution in [-0.2, 0) is 6.42 Å². The minimum absolute atomic E-state index is 0.810. The second-order valence-corrected chi connectivity index (χ2v) is 2.51. The zero-order chi connectivity index (χ0) is 8.10. The van der Waals surface area contributed by atoms with Gasteiger partial charge in [-0.05, 0) is 30.5 Å². The molecule has 0 bridgehead atoms. The molecule has 1 aromatic heterocycles. The molecule has 1 heterocycles. The van der Waals surface area contributed by atoms with Crippen LogP contribution in [0.1, 0.15) is 17.5 Å². The van der Waals surface area contributed by atoms with Crippen LogP contribution in [0.2, 0.25) is 0 Å². The van der Waals surface area contributed by atoms with Crippen molar-refractivity contribution in [1.29, 1.82) is 0 Å². The molecule has 0 N–H and O–H groups in total. The van der Waals surface area contributed by atoms with Gasteiger partial charge in [0.25, 0.3) is 0 Å². The lowest BCUT2D eigenvalue weighted by Gasteiger charge is -2.00. The van der Waals surface area contributed by atoms with Gasteiger partial charge >= 0.3 is 0 Å². The Hall–Kier alpha value is -1.29. The Balaban J connectivity index is 2.71. The van der Waals surface area contributed by atoms with Crippen LogP contribution in [0.5, 0.6) is 0 Å². The topological polar surface area (TPSA) is 12.9 Å². The van der Waals surface area contributed by atoms with E-state index in [0.717, 1.165) is 12.8 Å². The van der Waals surface area contributed by atoms with Crippen LogP contribution in [0, 0.1) is 19.3 Å². The summed E-state index contributed by atoms with van der Waals surface area (Å²) in [6, 6.07) is 2.02.